The van der Waals surface area contributed by atoms with Gasteiger partial charge in [-0.2, -0.15) is 13.0 Å². The Hall–Kier alpha value is -2.35. The minimum Gasteiger partial charge on any atom is -0.332 e. The molecule has 4 aromatic rings. The van der Waals surface area contributed by atoms with Gasteiger partial charge in [0.2, 0.25) is 5.52 Å². The number of aromatic nitrogens is 1. The van der Waals surface area contributed by atoms with Gasteiger partial charge >= 0.3 is 7.82 Å². The number of rotatable bonds is 9. The largest absolute Gasteiger partial charge is 0.469 e. The van der Waals surface area contributed by atoms with Gasteiger partial charge < -0.3 is 14.7 Å². The Labute approximate surface area is 226 Å². The zero-order valence-electron chi connectivity index (χ0n) is 19.7. The van der Waals surface area contributed by atoms with E-state index in [2.05, 4.69) is 4.52 Å². The van der Waals surface area contributed by atoms with Crippen LogP contribution in [0.4, 0.5) is 10.1 Å². The quantitative estimate of drug-likeness (QED) is 0.142. The van der Waals surface area contributed by atoms with Crippen LogP contribution in [-0.4, -0.2) is 41.7 Å². The first kappa shape index (κ1) is 27.2. The topological polar surface area (TPSA) is 128 Å². The number of hydrogen-bond donors (Lipinski definition) is 3. The second kappa shape index (κ2) is 10.7. The maximum absolute atomic E-state index is 14.1. The lowest BCUT2D eigenvalue weighted by molar-refractivity contribution is -0.668. The van der Waals surface area contributed by atoms with Gasteiger partial charge in [0.05, 0.1) is 29.2 Å². The molecule has 0 bridgehead atoms. The SMILES string of the molecule is O=P(O)(O)OCCN1C(=Cc2sc3c4ccccc4ccc3[n+]2CCCS(=O)(=O)O)Sc2ccc(F)cc21. The summed E-state index contributed by atoms with van der Waals surface area (Å²) in [6, 6.07) is 16.2. The summed E-state index contributed by atoms with van der Waals surface area (Å²) in [5, 5.41) is 3.59. The highest BCUT2D eigenvalue weighted by Gasteiger charge is 2.29. The summed E-state index contributed by atoms with van der Waals surface area (Å²) >= 11 is 2.90. The number of aryl methyl sites for hydroxylation is 1. The maximum Gasteiger partial charge on any atom is 0.469 e. The van der Waals surface area contributed by atoms with E-state index in [0.29, 0.717) is 17.3 Å². The number of hydrogen-bond acceptors (Lipinski definition) is 7. The van der Waals surface area contributed by atoms with Gasteiger partial charge in [0.25, 0.3) is 15.1 Å². The van der Waals surface area contributed by atoms with Crippen LogP contribution >= 0.6 is 30.9 Å². The van der Waals surface area contributed by atoms with E-state index in [1.54, 1.807) is 11.0 Å². The van der Waals surface area contributed by atoms with Crippen molar-refractivity contribution < 1.29 is 40.8 Å². The maximum atomic E-state index is 14.1. The Morgan fingerprint density at radius 2 is 1.92 bits per heavy atom. The van der Waals surface area contributed by atoms with Crippen molar-refractivity contribution in [2.24, 2.45) is 0 Å². The van der Waals surface area contributed by atoms with Crippen molar-refractivity contribution in [1.29, 1.82) is 0 Å². The van der Waals surface area contributed by atoms with E-state index in [1.165, 1.54) is 35.2 Å². The van der Waals surface area contributed by atoms with Crippen LogP contribution in [0.1, 0.15) is 11.4 Å². The fraction of sp³-hybridized carbons (Fsp3) is 0.208. The first-order valence-electron chi connectivity index (χ1n) is 11.4. The van der Waals surface area contributed by atoms with Gasteiger partial charge in [-0.1, -0.05) is 47.4 Å². The summed E-state index contributed by atoms with van der Waals surface area (Å²) < 4.78 is 64.9. The average molecular weight is 598 g/mol. The molecule has 0 saturated carbocycles. The molecule has 5 rings (SSSR count). The van der Waals surface area contributed by atoms with Crippen LogP contribution in [-0.2, 0) is 25.8 Å². The van der Waals surface area contributed by atoms with E-state index in [-0.39, 0.29) is 25.3 Å². The van der Waals surface area contributed by atoms with Crippen molar-refractivity contribution in [3.8, 4) is 0 Å². The van der Waals surface area contributed by atoms with E-state index < -0.39 is 23.8 Å². The Bertz CT molecular complexity index is 1720. The lowest BCUT2D eigenvalue weighted by Crippen LogP contribution is -2.36. The van der Waals surface area contributed by atoms with Gasteiger partial charge in [0, 0.05) is 29.3 Å². The molecule has 0 amide bonds. The Balaban J connectivity index is 1.59. The molecule has 14 heteroatoms. The summed E-state index contributed by atoms with van der Waals surface area (Å²) in [6.45, 7) is 0.103. The highest BCUT2D eigenvalue weighted by atomic mass is 32.2. The highest BCUT2D eigenvalue weighted by Crippen LogP contribution is 2.47. The molecule has 200 valence electrons. The van der Waals surface area contributed by atoms with E-state index in [1.807, 2.05) is 47.0 Å². The molecule has 38 heavy (non-hydrogen) atoms. The van der Waals surface area contributed by atoms with Gasteiger partial charge in [-0.25, -0.2) is 8.96 Å². The summed E-state index contributed by atoms with van der Waals surface area (Å²) in [7, 11) is -8.80. The third-order valence-electron chi connectivity index (χ3n) is 5.92. The van der Waals surface area contributed by atoms with E-state index >= 15 is 0 Å². The lowest BCUT2D eigenvalue weighted by atomic mass is 10.1. The molecule has 2 heterocycles. The summed E-state index contributed by atoms with van der Waals surface area (Å²) in [6.07, 6.45) is 2.09. The average Bonchev–Trinajstić information content (AvgIpc) is 3.35. The van der Waals surface area contributed by atoms with Crippen molar-refractivity contribution in [2.45, 2.75) is 17.9 Å². The Morgan fingerprint density at radius 1 is 1.13 bits per heavy atom. The number of halogens is 1. The van der Waals surface area contributed by atoms with Gasteiger partial charge in [-0.05, 0) is 29.7 Å². The first-order chi connectivity index (χ1) is 18.0. The number of thiazole rings is 1. The zero-order valence-corrected chi connectivity index (χ0v) is 23.1. The molecule has 0 unspecified atom stereocenters. The predicted octanol–water partition coefficient (Wildman–Crippen LogP) is 4.78. The van der Waals surface area contributed by atoms with Gasteiger partial charge in [0.1, 0.15) is 10.5 Å². The first-order valence-corrected chi connectivity index (χ1v) is 16.2. The minimum absolute atomic E-state index is 0.0664. The molecule has 1 aromatic heterocycles. The van der Waals surface area contributed by atoms with Crippen LogP contribution in [0.15, 0.2) is 64.5 Å². The third kappa shape index (κ3) is 6.11. The molecule has 0 saturated heterocycles. The number of phosphoric acid groups is 1. The molecule has 0 spiro atoms. The van der Waals surface area contributed by atoms with Crippen molar-refractivity contribution in [3.63, 3.8) is 0 Å². The van der Waals surface area contributed by atoms with Crippen LogP contribution in [0, 0.1) is 5.82 Å². The fourth-order valence-electron chi connectivity index (χ4n) is 4.34. The summed E-state index contributed by atoms with van der Waals surface area (Å²) in [5.41, 5.74) is 1.46. The highest BCUT2D eigenvalue weighted by molar-refractivity contribution is 8.03. The van der Waals surface area contributed by atoms with E-state index in [0.717, 1.165) is 30.9 Å². The molecule has 3 N–H and O–H groups in total. The molecule has 1 aliphatic heterocycles. The normalized spacial score (nSPS) is 15.2. The molecule has 0 radical (unpaired) electrons. The van der Waals surface area contributed by atoms with Crippen LogP contribution in [0.25, 0.3) is 27.1 Å². The second-order valence-electron chi connectivity index (χ2n) is 8.54. The van der Waals surface area contributed by atoms with Crippen LogP contribution in [0.5, 0.6) is 0 Å². The van der Waals surface area contributed by atoms with Crippen molar-refractivity contribution in [2.75, 3.05) is 23.8 Å². The van der Waals surface area contributed by atoms with Crippen molar-refractivity contribution in [1.82, 2.24) is 0 Å². The number of fused-ring (bicyclic) bond motifs is 4. The second-order valence-corrected chi connectivity index (χ2v) is 13.4. The summed E-state index contributed by atoms with van der Waals surface area (Å²) in [5.74, 6) is -0.827. The molecular formula is C24H23FN2O7PS3+. The molecule has 0 atom stereocenters. The molecule has 0 aliphatic carbocycles. The Kier molecular flexibility index (Phi) is 7.64. The zero-order chi connectivity index (χ0) is 27.1. The van der Waals surface area contributed by atoms with Crippen LogP contribution in [0.2, 0.25) is 0 Å². The number of benzene rings is 3. The monoisotopic (exact) mass is 597 g/mol. The third-order valence-corrected chi connectivity index (χ3v) is 9.54. The molecular weight excluding hydrogens is 574 g/mol. The van der Waals surface area contributed by atoms with E-state index in [4.69, 9.17) is 9.79 Å². The van der Waals surface area contributed by atoms with Crippen LogP contribution in [0.3, 0.4) is 0 Å². The summed E-state index contributed by atoms with van der Waals surface area (Å²) in [4.78, 5) is 20.7. The van der Waals surface area contributed by atoms with Gasteiger partial charge in [0.15, 0.2) is 6.54 Å². The standard InChI is InChI=1S/C24H22FN2O7PS3/c25-17-7-9-21-20(14-17)27(11-12-34-35(28,29)30)22(36-21)15-23-26(10-3-13-38(31,32)33)19-8-6-16-4-1-2-5-18(16)24(19)37-23/h1-2,4-9,14-15H,3,10-13H2,(H2-,28,29,30,31,32,33)/p+1. The number of phosphoric ester groups is 1. The smallest absolute Gasteiger partial charge is 0.332 e. The van der Waals surface area contributed by atoms with Gasteiger partial charge in [-0.15, -0.1) is 0 Å². The van der Waals surface area contributed by atoms with Crippen molar-refractivity contribution in [3.05, 3.63) is 70.5 Å². The predicted molar refractivity (Wildman–Crippen MR) is 146 cm³/mol. The van der Waals surface area contributed by atoms with E-state index in [9.17, 15) is 21.9 Å². The number of thioether (sulfide) groups is 1. The van der Waals surface area contributed by atoms with Crippen LogP contribution < -0.4 is 9.47 Å². The minimum atomic E-state index is -4.68. The Morgan fingerprint density at radius 3 is 2.68 bits per heavy atom. The molecule has 3 aromatic carbocycles. The molecule has 1 aliphatic rings. The fourth-order valence-corrected chi connectivity index (χ4v) is 7.59. The lowest BCUT2D eigenvalue weighted by Gasteiger charge is -2.20. The number of nitrogens with zero attached hydrogens (tertiary/aromatic N) is 2. The molecule has 9 nitrogen and oxygen atoms in total. The van der Waals surface area contributed by atoms with Crippen molar-refractivity contribution >= 4 is 73.8 Å². The number of anilines is 1. The van der Waals surface area contributed by atoms with Gasteiger partial charge in [-0.3, -0.25) is 9.08 Å². The molecule has 0 fully saturated rings.